The molecule has 7 heteroatoms. The van der Waals surface area contributed by atoms with E-state index >= 15 is 0 Å². The minimum atomic E-state index is 0.376. The van der Waals surface area contributed by atoms with E-state index in [0.717, 1.165) is 11.1 Å². The van der Waals surface area contributed by atoms with E-state index in [1.54, 1.807) is 6.07 Å². The average molecular weight is 242 g/mol. The predicted octanol–water partition coefficient (Wildman–Crippen LogP) is 1.41. The van der Waals surface area contributed by atoms with Gasteiger partial charge in [-0.3, -0.25) is 0 Å². The van der Waals surface area contributed by atoms with Gasteiger partial charge >= 0.3 is 0 Å². The number of hydrogen-bond donors (Lipinski definition) is 2. The van der Waals surface area contributed by atoms with E-state index < -0.39 is 0 Å². The van der Waals surface area contributed by atoms with Crippen molar-refractivity contribution >= 4 is 5.69 Å². The molecule has 0 aliphatic rings. The first kappa shape index (κ1) is 10.5. The highest BCUT2D eigenvalue weighted by Gasteiger charge is 2.16. The molecule has 0 atom stereocenters. The second kappa shape index (κ2) is 3.95. The van der Waals surface area contributed by atoms with Gasteiger partial charge in [0.2, 0.25) is 5.82 Å². The van der Waals surface area contributed by atoms with Crippen molar-refractivity contribution in [2.24, 2.45) is 0 Å². The van der Waals surface area contributed by atoms with Crippen LogP contribution in [-0.2, 0) is 0 Å². The largest absolute Gasteiger partial charge is 0.398 e. The van der Waals surface area contributed by atoms with Gasteiger partial charge in [0.15, 0.2) is 5.69 Å². The van der Waals surface area contributed by atoms with Crippen LogP contribution in [0.15, 0.2) is 28.9 Å². The molecule has 0 fully saturated rings. The second-order valence-electron chi connectivity index (χ2n) is 3.82. The van der Waals surface area contributed by atoms with E-state index in [2.05, 4.69) is 25.6 Å². The highest BCUT2D eigenvalue weighted by atomic mass is 16.5. The zero-order chi connectivity index (χ0) is 12.5. The molecule has 2 aromatic heterocycles. The summed E-state index contributed by atoms with van der Waals surface area (Å²) < 4.78 is 5.21. The number of nitrogens with two attached hydrogens (primary N) is 1. The van der Waals surface area contributed by atoms with Crippen molar-refractivity contribution in [3.63, 3.8) is 0 Å². The van der Waals surface area contributed by atoms with Crippen molar-refractivity contribution in [2.45, 2.75) is 6.92 Å². The van der Waals surface area contributed by atoms with Crippen molar-refractivity contribution in [1.82, 2.24) is 25.6 Å². The third-order valence-electron chi connectivity index (χ3n) is 2.59. The number of rotatable bonds is 2. The van der Waals surface area contributed by atoms with E-state index in [9.17, 15) is 0 Å². The quantitative estimate of drug-likeness (QED) is 0.658. The Morgan fingerprint density at radius 1 is 1.33 bits per heavy atom. The summed E-state index contributed by atoms with van der Waals surface area (Å²) in [6.07, 6.45) is 1.52. The molecule has 1 aromatic carbocycles. The summed E-state index contributed by atoms with van der Waals surface area (Å²) in [5.41, 5.74) is 8.77. The fraction of sp³-hybridized carbons (Fsp3) is 0.0909. The third-order valence-corrected chi connectivity index (χ3v) is 2.59. The van der Waals surface area contributed by atoms with Gasteiger partial charge in [0.1, 0.15) is 0 Å². The maximum Gasteiger partial charge on any atom is 0.260 e. The highest BCUT2D eigenvalue weighted by Crippen LogP contribution is 2.28. The molecule has 90 valence electrons. The number of nitrogens with one attached hydrogen (secondary N) is 1. The van der Waals surface area contributed by atoms with E-state index in [4.69, 9.17) is 10.3 Å². The summed E-state index contributed by atoms with van der Waals surface area (Å²) in [6, 6.07) is 5.61. The molecule has 0 aliphatic heterocycles. The van der Waals surface area contributed by atoms with Gasteiger partial charge in [-0.25, -0.2) is 0 Å². The maximum atomic E-state index is 5.92. The number of hydrogen-bond acceptors (Lipinski definition) is 6. The van der Waals surface area contributed by atoms with Gasteiger partial charge in [0.25, 0.3) is 5.89 Å². The lowest BCUT2D eigenvalue weighted by Crippen LogP contribution is -1.92. The monoisotopic (exact) mass is 242 g/mol. The molecule has 0 unspecified atom stereocenters. The second-order valence-corrected chi connectivity index (χ2v) is 3.82. The van der Waals surface area contributed by atoms with Gasteiger partial charge in [-0.15, -0.1) is 0 Å². The van der Waals surface area contributed by atoms with Crippen LogP contribution in [0.3, 0.4) is 0 Å². The molecule has 0 bridgehead atoms. The van der Waals surface area contributed by atoms with Gasteiger partial charge in [-0.1, -0.05) is 17.3 Å². The van der Waals surface area contributed by atoms with Crippen LogP contribution >= 0.6 is 0 Å². The Hall–Kier alpha value is -2.70. The lowest BCUT2D eigenvalue weighted by atomic mass is 10.1. The van der Waals surface area contributed by atoms with Gasteiger partial charge in [0.05, 0.1) is 11.8 Å². The Bertz CT molecular complexity index is 652. The molecular formula is C11H10N6O. The number of nitrogens with zero attached hydrogens (tertiary/aromatic N) is 4. The van der Waals surface area contributed by atoms with Crippen molar-refractivity contribution in [2.75, 3.05) is 5.73 Å². The van der Waals surface area contributed by atoms with E-state index in [0.29, 0.717) is 23.1 Å². The fourth-order valence-corrected chi connectivity index (χ4v) is 1.72. The first-order valence-electron chi connectivity index (χ1n) is 5.31. The zero-order valence-electron chi connectivity index (χ0n) is 9.58. The number of benzene rings is 1. The predicted molar refractivity (Wildman–Crippen MR) is 64.3 cm³/mol. The Balaban J connectivity index is 2.09. The SMILES string of the molecule is Cc1cccc(N)c1-c1nc(-c2cn[nH]n2)no1. The van der Waals surface area contributed by atoms with Crippen molar-refractivity contribution < 1.29 is 4.52 Å². The van der Waals surface area contributed by atoms with Crippen molar-refractivity contribution in [3.05, 3.63) is 30.0 Å². The van der Waals surface area contributed by atoms with Gasteiger partial charge < -0.3 is 10.3 Å². The van der Waals surface area contributed by atoms with E-state index in [1.165, 1.54) is 6.20 Å². The molecule has 0 saturated heterocycles. The molecule has 0 saturated carbocycles. The minimum Gasteiger partial charge on any atom is -0.398 e. The summed E-state index contributed by atoms with van der Waals surface area (Å²) in [5.74, 6) is 0.755. The lowest BCUT2D eigenvalue weighted by molar-refractivity contribution is 0.432. The Morgan fingerprint density at radius 3 is 2.94 bits per heavy atom. The standard InChI is InChI=1S/C11H10N6O/c1-6-3-2-4-7(12)9(6)11-14-10(16-18-11)8-5-13-17-15-8/h2-5H,12H2,1H3,(H,13,15,17). The van der Waals surface area contributed by atoms with Crippen LogP contribution in [0.1, 0.15) is 5.56 Å². The molecule has 0 aliphatic carbocycles. The van der Waals surface area contributed by atoms with Gasteiger partial charge in [0, 0.05) is 5.69 Å². The van der Waals surface area contributed by atoms with Crippen molar-refractivity contribution in [1.29, 1.82) is 0 Å². The number of anilines is 1. The molecular weight excluding hydrogens is 232 g/mol. The number of nitrogen functional groups attached to an aromatic ring is 1. The molecule has 3 aromatic rings. The molecule has 0 amide bonds. The molecule has 18 heavy (non-hydrogen) atoms. The fourth-order valence-electron chi connectivity index (χ4n) is 1.72. The third kappa shape index (κ3) is 1.61. The first-order valence-corrected chi connectivity index (χ1v) is 5.31. The van der Waals surface area contributed by atoms with Crippen LogP contribution in [0, 0.1) is 6.92 Å². The number of aromatic amines is 1. The summed E-state index contributed by atoms with van der Waals surface area (Å²) in [4.78, 5) is 4.26. The lowest BCUT2D eigenvalue weighted by Gasteiger charge is -2.03. The first-order chi connectivity index (χ1) is 8.75. The Kier molecular flexibility index (Phi) is 2.30. The zero-order valence-corrected chi connectivity index (χ0v) is 9.58. The number of aromatic nitrogens is 5. The van der Waals surface area contributed by atoms with Crippen LogP contribution in [0.4, 0.5) is 5.69 Å². The van der Waals surface area contributed by atoms with E-state index in [1.807, 2.05) is 19.1 Å². The van der Waals surface area contributed by atoms with Crippen LogP contribution < -0.4 is 5.73 Å². The summed E-state index contributed by atoms with van der Waals surface area (Å²) in [6.45, 7) is 1.94. The minimum absolute atomic E-state index is 0.376. The van der Waals surface area contributed by atoms with Crippen LogP contribution in [0.2, 0.25) is 0 Å². The number of H-pyrrole nitrogens is 1. The average Bonchev–Trinajstić information content (AvgIpc) is 2.99. The Labute approximate surface area is 102 Å². The molecule has 2 heterocycles. The van der Waals surface area contributed by atoms with Gasteiger partial charge in [-0.05, 0) is 18.6 Å². The van der Waals surface area contributed by atoms with Crippen LogP contribution in [0.25, 0.3) is 23.0 Å². The molecule has 0 radical (unpaired) electrons. The molecule has 3 N–H and O–H groups in total. The molecule has 0 spiro atoms. The molecule has 3 rings (SSSR count). The summed E-state index contributed by atoms with van der Waals surface area (Å²) in [7, 11) is 0. The number of aryl methyl sites for hydroxylation is 1. The highest BCUT2D eigenvalue weighted by molar-refractivity contribution is 5.74. The summed E-state index contributed by atoms with van der Waals surface area (Å²) in [5, 5.41) is 13.9. The molecule has 7 nitrogen and oxygen atoms in total. The normalized spacial score (nSPS) is 10.7. The Morgan fingerprint density at radius 2 is 2.22 bits per heavy atom. The van der Waals surface area contributed by atoms with Crippen LogP contribution in [0.5, 0.6) is 0 Å². The van der Waals surface area contributed by atoms with E-state index in [-0.39, 0.29) is 0 Å². The van der Waals surface area contributed by atoms with Gasteiger partial charge in [-0.2, -0.15) is 20.4 Å². The maximum absolute atomic E-state index is 5.92. The van der Waals surface area contributed by atoms with Crippen LogP contribution in [-0.4, -0.2) is 25.6 Å². The van der Waals surface area contributed by atoms with Crippen molar-refractivity contribution in [3.8, 4) is 23.0 Å². The summed E-state index contributed by atoms with van der Waals surface area (Å²) >= 11 is 0. The topological polar surface area (TPSA) is 107 Å². The smallest absolute Gasteiger partial charge is 0.260 e.